The van der Waals surface area contributed by atoms with Crippen molar-refractivity contribution >= 4 is 40.4 Å². The van der Waals surface area contributed by atoms with Crippen molar-refractivity contribution in [1.82, 2.24) is 4.98 Å². The highest BCUT2D eigenvalue weighted by atomic mass is 35.5. The van der Waals surface area contributed by atoms with Gasteiger partial charge in [0.15, 0.2) is 5.58 Å². The van der Waals surface area contributed by atoms with E-state index in [1.807, 2.05) is 24.3 Å². The Balaban J connectivity index is 1.78. The van der Waals surface area contributed by atoms with E-state index in [0.29, 0.717) is 27.1 Å². The molecule has 3 rings (SSSR count). The maximum Gasteiger partial charge on any atom is 0.335 e. The number of carboxylic acid groups (broad SMARTS) is 1. The average Bonchev–Trinajstić information content (AvgIpc) is 2.88. The average molecular weight is 320 g/mol. The number of hydrogen-bond acceptors (Lipinski definition) is 4. The molecule has 0 aliphatic rings. The number of hydrogen-bond donors (Lipinski definition) is 1. The van der Waals surface area contributed by atoms with Crippen LogP contribution in [-0.4, -0.2) is 16.1 Å². The lowest BCUT2D eigenvalue weighted by molar-refractivity contribution is 0.0697. The van der Waals surface area contributed by atoms with Gasteiger partial charge in [0.05, 0.1) is 5.56 Å². The Morgan fingerprint density at radius 1 is 1.24 bits per heavy atom. The van der Waals surface area contributed by atoms with E-state index in [9.17, 15) is 4.79 Å². The van der Waals surface area contributed by atoms with E-state index in [-0.39, 0.29) is 5.56 Å². The van der Waals surface area contributed by atoms with E-state index in [0.717, 1.165) is 5.56 Å². The van der Waals surface area contributed by atoms with Crippen LogP contribution in [0.15, 0.2) is 52.1 Å². The van der Waals surface area contributed by atoms with Gasteiger partial charge in [-0.25, -0.2) is 9.78 Å². The molecule has 1 heterocycles. The molecule has 0 amide bonds. The first-order valence-corrected chi connectivity index (χ1v) is 7.49. The van der Waals surface area contributed by atoms with Gasteiger partial charge in [0.2, 0.25) is 0 Å². The van der Waals surface area contributed by atoms with E-state index < -0.39 is 5.97 Å². The number of aromatic carboxylic acids is 1. The number of benzene rings is 2. The van der Waals surface area contributed by atoms with Crippen LogP contribution in [0.3, 0.4) is 0 Å². The number of aromatic nitrogens is 1. The first-order chi connectivity index (χ1) is 10.1. The molecule has 0 fully saturated rings. The van der Waals surface area contributed by atoms with E-state index >= 15 is 0 Å². The van der Waals surface area contributed by atoms with Gasteiger partial charge in [0.1, 0.15) is 5.52 Å². The van der Waals surface area contributed by atoms with Crippen molar-refractivity contribution in [3.05, 3.63) is 58.6 Å². The Kier molecular flexibility index (Phi) is 3.86. The van der Waals surface area contributed by atoms with Gasteiger partial charge in [0.25, 0.3) is 5.22 Å². The lowest BCUT2D eigenvalue weighted by atomic mass is 10.2. The molecule has 1 aromatic heterocycles. The minimum Gasteiger partial charge on any atom is -0.478 e. The van der Waals surface area contributed by atoms with Crippen molar-refractivity contribution in [2.75, 3.05) is 0 Å². The quantitative estimate of drug-likeness (QED) is 0.719. The van der Waals surface area contributed by atoms with E-state index in [1.165, 1.54) is 23.9 Å². The summed E-state index contributed by atoms with van der Waals surface area (Å²) in [5, 5.41) is 10.2. The number of fused-ring (bicyclic) bond motifs is 1. The number of thioether (sulfide) groups is 1. The fraction of sp³-hybridized carbons (Fsp3) is 0.0667. The summed E-state index contributed by atoms with van der Waals surface area (Å²) in [6, 6.07) is 12.2. The first-order valence-electron chi connectivity index (χ1n) is 6.13. The molecule has 21 heavy (non-hydrogen) atoms. The third kappa shape index (κ3) is 3.20. The lowest BCUT2D eigenvalue weighted by Gasteiger charge is -1.98. The second-order valence-electron chi connectivity index (χ2n) is 4.38. The summed E-state index contributed by atoms with van der Waals surface area (Å²) in [4.78, 5) is 15.2. The minimum absolute atomic E-state index is 0.188. The summed E-state index contributed by atoms with van der Waals surface area (Å²) in [6.07, 6.45) is 0. The third-order valence-electron chi connectivity index (χ3n) is 2.89. The zero-order valence-electron chi connectivity index (χ0n) is 10.7. The van der Waals surface area contributed by atoms with Crippen molar-refractivity contribution in [3.8, 4) is 0 Å². The molecule has 106 valence electrons. The molecule has 0 aliphatic carbocycles. The fourth-order valence-electron chi connectivity index (χ4n) is 1.82. The molecule has 0 spiro atoms. The highest BCUT2D eigenvalue weighted by Crippen LogP contribution is 2.27. The normalized spacial score (nSPS) is 10.9. The highest BCUT2D eigenvalue weighted by molar-refractivity contribution is 7.98. The Bertz CT molecular complexity index is 798. The largest absolute Gasteiger partial charge is 0.478 e. The van der Waals surface area contributed by atoms with Crippen molar-refractivity contribution in [2.24, 2.45) is 0 Å². The van der Waals surface area contributed by atoms with Crippen LogP contribution in [0.4, 0.5) is 0 Å². The number of rotatable bonds is 4. The van der Waals surface area contributed by atoms with Crippen molar-refractivity contribution < 1.29 is 14.3 Å². The van der Waals surface area contributed by atoms with Gasteiger partial charge in [-0.3, -0.25) is 0 Å². The van der Waals surface area contributed by atoms with Gasteiger partial charge >= 0.3 is 5.97 Å². The van der Waals surface area contributed by atoms with E-state index in [1.54, 1.807) is 6.07 Å². The summed E-state index contributed by atoms with van der Waals surface area (Å²) in [5.41, 5.74) is 2.43. The Morgan fingerprint density at radius 3 is 2.71 bits per heavy atom. The van der Waals surface area contributed by atoms with Crippen LogP contribution in [0.5, 0.6) is 0 Å². The molecule has 1 N–H and O–H groups in total. The second-order valence-corrected chi connectivity index (χ2v) is 5.75. The van der Waals surface area contributed by atoms with Crippen LogP contribution in [0.25, 0.3) is 11.1 Å². The van der Waals surface area contributed by atoms with Crippen LogP contribution in [0, 0.1) is 0 Å². The summed E-state index contributed by atoms with van der Waals surface area (Å²) in [7, 11) is 0. The third-order valence-corrected chi connectivity index (χ3v) is 4.04. The second kappa shape index (κ2) is 5.79. The zero-order chi connectivity index (χ0) is 14.8. The van der Waals surface area contributed by atoms with Crippen molar-refractivity contribution in [3.63, 3.8) is 0 Å². The zero-order valence-corrected chi connectivity index (χ0v) is 12.3. The van der Waals surface area contributed by atoms with Crippen LogP contribution >= 0.6 is 23.4 Å². The minimum atomic E-state index is -0.983. The summed E-state index contributed by atoms with van der Waals surface area (Å²) in [6.45, 7) is 0. The summed E-state index contributed by atoms with van der Waals surface area (Å²) < 4.78 is 5.57. The summed E-state index contributed by atoms with van der Waals surface area (Å²) in [5.74, 6) is -0.279. The number of carboxylic acids is 1. The molecule has 3 aromatic rings. The Labute approximate surface area is 129 Å². The van der Waals surface area contributed by atoms with Gasteiger partial charge in [0, 0.05) is 10.8 Å². The number of carbonyl (C=O) groups is 1. The number of halogens is 1. The topological polar surface area (TPSA) is 63.3 Å². The lowest BCUT2D eigenvalue weighted by Crippen LogP contribution is -1.94. The SMILES string of the molecule is O=C(O)c1ccc2nc(SCc3ccc(Cl)cc3)oc2c1. The molecule has 2 aromatic carbocycles. The Morgan fingerprint density at radius 2 is 2.00 bits per heavy atom. The predicted octanol–water partition coefficient (Wildman–Crippen LogP) is 4.47. The fourth-order valence-corrected chi connectivity index (χ4v) is 2.74. The van der Waals surface area contributed by atoms with Gasteiger partial charge in [-0.2, -0.15) is 0 Å². The monoisotopic (exact) mass is 319 g/mol. The van der Waals surface area contributed by atoms with E-state index in [4.69, 9.17) is 21.1 Å². The first kappa shape index (κ1) is 14.0. The van der Waals surface area contributed by atoms with Crippen molar-refractivity contribution in [2.45, 2.75) is 11.0 Å². The highest BCUT2D eigenvalue weighted by Gasteiger charge is 2.10. The van der Waals surface area contributed by atoms with Gasteiger partial charge < -0.3 is 9.52 Å². The molecule has 4 nitrogen and oxygen atoms in total. The van der Waals surface area contributed by atoms with Crippen molar-refractivity contribution in [1.29, 1.82) is 0 Å². The molecule has 0 atom stereocenters. The molecule has 0 saturated heterocycles. The molecule has 0 radical (unpaired) electrons. The molecule has 0 aliphatic heterocycles. The molecule has 0 saturated carbocycles. The van der Waals surface area contributed by atoms with Gasteiger partial charge in [-0.05, 0) is 35.9 Å². The molecular weight excluding hydrogens is 310 g/mol. The van der Waals surface area contributed by atoms with Crippen LogP contribution in [0.1, 0.15) is 15.9 Å². The molecular formula is C15H10ClNO3S. The standard InChI is InChI=1S/C15H10ClNO3S/c16-11-4-1-9(2-5-11)8-21-15-17-12-6-3-10(14(18)19)7-13(12)20-15/h1-7H,8H2,(H,18,19). The Hall–Kier alpha value is -1.98. The summed E-state index contributed by atoms with van der Waals surface area (Å²) >= 11 is 7.29. The van der Waals surface area contributed by atoms with E-state index in [2.05, 4.69) is 4.98 Å². The predicted molar refractivity (Wildman–Crippen MR) is 82.0 cm³/mol. The van der Waals surface area contributed by atoms with Crippen LogP contribution in [0.2, 0.25) is 5.02 Å². The van der Waals surface area contributed by atoms with Gasteiger partial charge in [-0.1, -0.05) is 35.5 Å². The molecule has 0 bridgehead atoms. The molecule has 6 heteroatoms. The smallest absolute Gasteiger partial charge is 0.335 e. The number of nitrogens with zero attached hydrogens (tertiary/aromatic N) is 1. The maximum absolute atomic E-state index is 10.9. The maximum atomic E-state index is 10.9. The molecule has 0 unspecified atom stereocenters. The number of oxazole rings is 1. The van der Waals surface area contributed by atoms with Crippen LogP contribution < -0.4 is 0 Å². The van der Waals surface area contributed by atoms with Crippen LogP contribution in [-0.2, 0) is 5.75 Å². The van der Waals surface area contributed by atoms with Gasteiger partial charge in [-0.15, -0.1) is 0 Å².